The zero-order valence-corrected chi connectivity index (χ0v) is 15.1. The fourth-order valence-electron chi connectivity index (χ4n) is 3.41. The average Bonchev–Trinajstić information content (AvgIpc) is 2.90. The molecule has 0 fully saturated rings. The number of nitrogens with zero attached hydrogens (tertiary/aromatic N) is 2. The van der Waals surface area contributed by atoms with Crippen LogP contribution in [0.25, 0.3) is 11.3 Å². The van der Waals surface area contributed by atoms with E-state index in [1.165, 1.54) is 11.1 Å². The Kier molecular flexibility index (Phi) is 4.85. The van der Waals surface area contributed by atoms with Gasteiger partial charge in [-0.05, 0) is 23.8 Å². The summed E-state index contributed by atoms with van der Waals surface area (Å²) in [4.78, 5) is 18.5. The highest BCUT2D eigenvalue weighted by Crippen LogP contribution is 2.26. The molecular weight excluding hydrogens is 336 g/mol. The molecule has 1 aromatic heterocycles. The van der Waals surface area contributed by atoms with Gasteiger partial charge in [-0.3, -0.25) is 14.7 Å². The number of pyridine rings is 1. The van der Waals surface area contributed by atoms with Gasteiger partial charge in [0.25, 0.3) is 0 Å². The second-order valence-electron chi connectivity index (χ2n) is 6.79. The highest BCUT2D eigenvalue weighted by atomic mass is 16.1. The van der Waals surface area contributed by atoms with Crippen LogP contribution in [0.1, 0.15) is 21.5 Å². The van der Waals surface area contributed by atoms with E-state index in [1.807, 2.05) is 24.4 Å². The molecule has 0 saturated carbocycles. The van der Waals surface area contributed by atoms with E-state index in [2.05, 4.69) is 45.5 Å². The van der Waals surface area contributed by atoms with Crippen LogP contribution in [0.15, 0.2) is 66.9 Å². The third kappa shape index (κ3) is 3.99. The van der Waals surface area contributed by atoms with Crippen LogP contribution in [0.5, 0.6) is 0 Å². The van der Waals surface area contributed by atoms with Crippen molar-refractivity contribution >= 4 is 11.6 Å². The van der Waals surface area contributed by atoms with Crippen molar-refractivity contribution in [3.63, 3.8) is 0 Å². The average molecular weight is 358 g/mol. The van der Waals surface area contributed by atoms with Gasteiger partial charge in [-0.25, -0.2) is 0 Å². The van der Waals surface area contributed by atoms with Gasteiger partial charge in [0.05, 0.1) is 5.69 Å². The Hall–Kier alpha value is -3.18. The number of carbonyl (C=O) groups is 1. The van der Waals surface area contributed by atoms with E-state index in [-0.39, 0.29) is 0 Å². The molecule has 0 radical (unpaired) electrons. The fraction of sp³-hybridized carbons (Fsp3) is 0.182. The maximum absolute atomic E-state index is 11.4. The minimum atomic E-state index is -0.429. The maximum Gasteiger partial charge on any atom is 0.248 e. The SMILES string of the molecule is NC(=O)c1cccc(-c2cc3c(cn2)CN(Cc2ccccc2)CCN3)c1. The second kappa shape index (κ2) is 7.60. The van der Waals surface area contributed by atoms with Crippen LogP contribution in [0.4, 0.5) is 5.69 Å². The molecule has 0 atom stereocenters. The number of anilines is 1. The lowest BCUT2D eigenvalue weighted by molar-refractivity contribution is 0.100. The van der Waals surface area contributed by atoms with E-state index in [1.54, 1.807) is 12.1 Å². The molecule has 2 aromatic carbocycles. The number of rotatable bonds is 4. The van der Waals surface area contributed by atoms with Gasteiger partial charge in [-0.2, -0.15) is 0 Å². The van der Waals surface area contributed by atoms with Gasteiger partial charge in [0.1, 0.15) is 0 Å². The largest absolute Gasteiger partial charge is 0.383 e. The molecule has 5 heteroatoms. The first-order valence-corrected chi connectivity index (χ1v) is 9.08. The van der Waals surface area contributed by atoms with Gasteiger partial charge in [0, 0.05) is 54.8 Å². The number of nitrogens with one attached hydrogen (secondary N) is 1. The molecule has 2 heterocycles. The standard InChI is InChI=1S/C22H22N4O/c23-22(27)18-8-4-7-17(11-18)20-12-21-19(13-25-20)15-26(10-9-24-21)14-16-5-2-1-3-6-16/h1-8,11-13,24H,9-10,14-15H2,(H2,23,27). The van der Waals surface area contributed by atoms with Gasteiger partial charge in [0.2, 0.25) is 5.91 Å². The lowest BCUT2D eigenvalue weighted by atomic mass is 10.1. The van der Waals surface area contributed by atoms with Crippen LogP contribution in [0, 0.1) is 0 Å². The predicted octanol–water partition coefficient (Wildman–Crippen LogP) is 3.28. The molecule has 0 spiro atoms. The van der Waals surface area contributed by atoms with Gasteiger partial charge in [-0.1, -0.05) is 42.5 Å². The Bertz CT molecular complexity index is 956. The molecule has 0 unspecified atom stereocenters. The van der Waals surface area contributed by atoms with E-state index in [0.717, 1.165) is 43.1 Å². The van der Waals surface area contributed by atoms with Crippen molar-refractivity contribution < 1.29 is 4.79 Å². The molecule has 0 saturated heterocycles. The van der Waals surface area contributed by atoms with Crippen molar-refractivity contribution in [1.82, 2.24) is 9.88 Å². The summed E-state index contributed by atoms with van der Waals surface area (Å²) in [5, 5.41) is 3.52. The van der Waals surface area contributed by atoms with Gasteiger partial charge >= 0.3 is 0 Å². The van der Waals surface area contributed by atoms with Crippen molar-refractivity contribution in [1.29, 1.82) is 0 Å². The van der Waals surface area contributed by atoms with Gasteiger partial charge in [-0.15, -0.1) is 0 Å². The molecule has 1 aliphatic rings. The first kappa shape index (κ1) is 17.2. The summed E-state index contributed by atoms with van der Waals surface area (Å²) in [7, 11) is 0. The summed E-state index contributed by atoms with van der Waals surface area (Å²) in [6, 6.07) is 19.9. The van der Waals surface area contributed by atoms with E-state index >= 15 is 0 Å². The van der Waals surface area contributed by atoms with Crippen LogP contribution in [-0.2, 0) is 13.1 Å². The highest BCUT2D eigenvalue weighted by Gasteiger charge is 2.16. The molecular formula is C22H22N4O. The Morgan fingerprint density at radius 2 is 1.96 bits per heavy atom. The molecule has 136 valence electrons. The monoisotopic (exact) mass is 358 g/mol. The number of hydrogen-bond acceptors (Lipinski definition) is 4. The summed E-state index contributed by atoms with van der Waals surface area (Å²) in [5.74, 6) is -0.429. The number of nitrogens with two attached hydrogens (primary N) is 1. The predicted molar refractivity (Wildman–Crippen MR) is 107 cm³/mol. The zero-order chi connectivity index (χ0) is 18.6. The van der Waals surface area contributed by atoms with Crippen molar-refractivity contribution in [3.8, 4) is 11.3 Å². The molecule has 0 aliphatic carbocycles. The van der Waals surface area contributed by atoms with E-state index in [9.17, 15) is 4.79 Å². The number of aromatic nitrogens is 1. The maximum atomic E-state index is 11.4. The lowest BCUT2D eigenvalue weighted by Gasteiger charge is -2.19. The smallest absolute Gasteiger partial charge is 0.248 e. The van der Waals surface area contributed by atoms with Crippen LogP contribution < -0.4 is 11.1 Å². The third-order valence-electron chi connectivity index (χ3n) is 4.82. The lowest BCUT2D eigenvalue weighted by Crippen LogP contribution is -2.25. The number of benzene rings is 2. The third-order valence-corrected chi connectivity index (χ3v) is 4.82. The number of primary amides is 1. The Labute approximate surface area is 158 Å². The van der Waals surface area contributed by atoms with Crippen molar-refractivity contribution in [2.24, 2.45) is 5.73 Å². The Morgan fingerprint density at radius 1 is 1.11 bits per heavy atom. The van der Waals surface area contributed by atoms with Crippen LogP contribution in [-0.4, -0.2) is 28.9 Å². The Morgan fingerprint density at radius 3 is 2.78 bits per heavy atom. The molecule has 3 N–H and O–H groups in total. The quantitative estimate of drug-likeness (QED) is 0.751. The first-order chi connectivity index (χ1) is 13.2. The second-order valence-corrected chi connectivity index (χ2v) is 6.79. The van der Waals surface area contributed by atoms with Crippen molar-refractivity contribution in [3.05, 3.63) is 83.6 Å². The highest BCUT2D eigenvalue weighted by molar-refractivity contribution is 5.94. The summed E-state index contributed by atoms with van der Waals surface area (Å²) in [6.45, 7) is 3.62. The topological polar surface area (TPSA) is 71.2 Å². The van der Waals surface area contributed by atoms with Crippen LogP contribution >= 0.6 is 0 Å². The van der Waals surface area contributed by atoms with Crippen molar-refractivity contribution in [2.45, 2.75) is 13.1 Å². The normalized spacial score (nSPS) is 14.1. The van der Waals surface area contributed by atoms with E-state index in [0.29, 0.717) is 5.56 Å². The molecule has 4 rings (SSSR count). The van der Waals surface area contributed by atoms with Gasteiger partial charge < -0.3 is 11.1 Å². The fourth-order valence-corrected chi connectivity index (χ4v) is 3.41. The number of fused-ring (bicyclic) bond motifs is 1. The Balaban J connectivity index is 1.57. The minimum absolute atomic E-state index is 0.429. The summed E-state index contributed by atoms with van der Waals surface area (Å²) >= 11 is 0. The van der Waals surface area contributed by atoms with Crippen LogP contribution in [0.2, 0.25) is 0 Å². The number of carbonyl (C=O) groups excluding carboxylic acids is 1. The van der Waals surface area contributed by atoms with E-state index < -0.39 is 5.91 Å². The summed E-state index contributed by atoms with van der Waals surface area (Å²) < 4.78 is 0. The number of amides is 1. The van der Waals surface area contributed by atoms with E-state index in [4.69, 9.17) is 5.73 Å². The molecule has 1 amide bonds. The molecule has 0 bridgehead atoms. The minimum Gasteiger partial charge on any atom is -0.383 e. The molecule has 3 aromatic rings. The summed E-state index contributed by atoms with van der Waals surface area (Å²) in [5.41, 5.74) is 11.2. The van der Waals surface area contributed by atoms with Crippen molar-refractivity contribution in [2.75, 3.05) is 18.4 Å². The zero-order valence-electron chi connectivity index (χ0n) is 15.1. The molecule has 27 heavy (non-hydrogen) atoms. The van der Waals surface area contributed by atoms with Gasteiger partial charge in [0.15, 0.2) is 0 Å². The first-order valence-electron chi connectivity index (χ1n) is 9.08. The van der Waals surface area contributed by atoms with Crippen LogP contribution in [0.3, 0.4) is 0 Å². The molecule has 1 aliphatic heterocycles. The number of hydrogen-bond donors (Lipinski definition) is 2. The molecule has 5 nitrogen and oxygen atoms in total. The summed E-state index contributed by atoms with van der Waals surface area (Å²) in [6.07, 6.45) is 1.93.